The minimum atomic E-state index is -0.504. The van der Waals surface area contributed by atoms with Gasteiger partial charge in [-0.15, -0.1) is 5.10 Å². The Balaban J connectivity index is 1.40. The fourth-order valence-electron chi connectivity index (χ4n) is 4.18. The van der Waals surface area contributed by atoms with E-state index in [9.17, 15) is 4.79 Å². The average Bonchev–Trinajstić information content (AvgIpc) is 3.40. The fraction of sp³-hybridized carbons (Fsp3) is 0.238. The summed E-state index contributed by atoms with van der Waals surface area (Å²) < 4.78 is 5.27. The number of hydrogen-bond donors (Lipinski definition) is 2. The van der Waals surface area contributed by atoms with Gasteiger partial charge in [0.1, 0.15) is 5.54 Å². The lowest BCUT2D eigenvalue weighted by Crippen LogP contribution is -2.45. The second kappa shape index (κ2) is 5.87. The smallest absolute Gasteiger partial charge is 0.253 e. The van der Waals surface area contributed by atoms with Crippen LogP contribution in [0.5, 0.6) is 5.88 Å². The van der Waals surface area contributed by atoms with Crippen LogP contribution in [-0.2, 0) is 11.2 Å². The van der Waals surface area contributed by atoms with Gasteiger partial charge in [-0.1, -0.05) is 30.3 Å². The summed E-state index contributed by atoms with van der Waals surface area (Å²) in [6.07, 6.45) is 3.37. The molecule has 6 nitrogen and oxygen atoms in total. The third kappa shape index (κ3) is 2.40. The van der Waals surface area contributed by atoms with Crippen molar-refractivity contribution in [3.8, 4) is 17.0 Å². The van der Waals surface area contributed by atoms with Crippen molar-refractivity contribution in [2.24, 2.45) is 0 Å². The van der Waals surface area contributed by atoms with Gasteiger partial charge in [-0.25, -0.2) is 0 Å². The molecule has 2 aliphatic rings. The number of aromatic amines is 1. The van der Waals surface area contributed by atoms with Crippen molar-refractivity contribution in [3.63, 3.8) is 0 Å². The lowest BCUT2D eigenvalue weighted by molar-refractivity contribution is -0.120. The molecule has 1 unspecified atom stereocenters. The Hall–Kier alpha value is -3.28. The van der Waals surface area contributed by atoms with Gasteiger partial charge in [0.25, 0.3) is 5.91 Å². The predicted octanol–water partition coefficient (Wildman–Crippen LogP) is 3.23. The summed E-state index contributed by atoms with van der Waals surface area (Å²) in [4.78, 5) is 15.1. The van der Waals surface area contributed by atoms with Gasteiger partial charge in [-0.05, 0) is 35.7 Å². The van der Waals surface area contributed by atoms with E-state index in [-0.39, 0.29) is 5.91 Å². The number of aromatic nitrogens is 2. The molecule has 5 rings (SSSR count). The molecule has 2 N–H and O–H groups in total. The molecule has 3 heterocycles. The number of benzene rings is 2. The predicted molar refractivity (Wildman–Crippen MR) is 104 cm³/mol. The summed E-state index contributed by atoms with van der Waals surface area (Å²) in [5.74, 6) is 0.708. The Bertz CT molecular complexity index is 984. The third-order valence-electron chi connectivity index (χ3n) is 5.59. The Morgan fingerprint density at radius 3 is 2.74 bits per heavy atom. The third-order valence-corrected chi connectivity index (χ3v) is 5.59. The summed E-state index contributed by atoms with van der Waals surface area (Å²) in [5.41, 5.74) is 4.61. The van der Waals surface area contributed by atoms with Crippen molar-refractivity contribution in [1.29, 1.82) is 0 Å². The van der Waals surface area contributed by atoms with E-state index >= 15 is 0 Å². The van der Waals surface area contributed by atoms with Crippen molar-refractivity contribution >= 4 is 17.3 Å². The zero-order valence-corrected chi connectivity index (χ0v) is 15.0. The molecule has 0 saturated carbocycles. The largest absolute Gasteiger partial charge is 0.480 e. The first-order chi connectivity index (χ1) is 13.2. The minimum Gasteiger partial charge on any atom is -0.480 e. The number of para-hydroxylation sites is 1. The van der Waals surface area contributed by atoms with Crippen LogP contribution in [0.4, 0.5) is 11.4 Å². The van der Waals surface area contributed by atoms with Crippen molar-refractivity contribution < 1.29 is 9.53 Å². The zero-order valence-electron chi connectivity index (χ0n) is 15.0. The van der Waals surface area contributed by atoms with Gasteiger partial charge in [0.05, 0.1) is 12.7 Å². The molecule has 3 aromatic rings. The molecule has 6 heteroatoms. The number of carbonyl (C=O) groups is 1. The van der Waals surface area contributed by atoms with Crippen LogP contribution >= 0.6 is 0 Å². The van der Waals surface area contributed by atoms with Crippen molar-refractivity contribution in [2.45, 2.75) is 18.4 Å². The molecule has 0 aliphatic carbocycles. The summed E-state index contributed by atoms with van der Waals surface area (Å²) >= 11 is 0. The Labute approximate surface area is 157 Å². The normalized spacial score (nSPS) is 20.8. The van der Waals surface area contributed by atoms with Crippen LogP contribution in [0, 0.1) is 0 Å². The molecule has 0 radical (unpaired) electrons. The molecule has 1 saturated heterocycles. The molecule has 136 valence electrons. The molecular weight excluding hydrogens is 340 g/mol. The molecule has 1 fully saturated rings. The maximum atomic E-state index is 13.2. The number of nitrogens with one attached hydrogen (secondary N) is 2. The monoisotopic (exact) mass is 360 g/mol. The lowest BCUT2D eigenvalue weighted by atomic mass is 9.93. The summed E-state index contributed by atoms with van der Waals surface area (Å²) in [5, 5.41) is 10.4. The second-order valence-electron chi connectivity index (χ2n) is 7.10. The first kappa shape index (κ1) is 15.9. The topological polar surface area (TPSA) is 70.2 Å². The lowest BCUT2D eigenvalue weighted by Gasteiger charge is -2.24. The van der Waals surface area contributed by atoms with Gasteiger partial charge < -0.3 is 15.0 Å². The molecule has 2 aromatic carbocycles. The number of anilines is 2. The average molecular weight is 360 g/mol. The van der Waals surface area contributed by atoms with Crippen molar-refractivity contribution in [3.05, 3.63) is 60.3 Å². The van der Waals surface area contributed by atoms with Gasteiger partial charge in [0.2, 0.25) is 5.88 Å². The van der Waals surface area contributed by atoms with Crippen LogP contribution in [0.1, 0.15) is 12.0 Å². The van der Waals surface area contributed by atoms with E-state index in [4.69, 9.17) is 4.74 Å². The van der Waals surface area contributed by atoms with Crippen LogP contribution in [0.3, 0.4) is 0 Å². The van der Waals surface area contributed by atoms with Gasteiger partial charge in [-0.2, -0.15) is 0 Å². The Kier molecular flexibility index (Phi) is 3.47. The molecule has 1 spiro atoms. The minimum absolute atomic E-state index is 0.146. The van der Waals surface area contributed by atoms with E-state index in [0.717, 1.165) is 35.3 Å². The number of ether oxygens (including phenoxy) is 1. The highest BCUT2D eigenvalue weighted by Crippen LogP contribution is 2.40. The quantitative estimate of drug-likeness (QED) is 0.752. The number of carbonyl (C=O) groups excluding carboxylic acids is 1. The van der Waals surface area contributed by atoms with Gasteiger partial charge >= 0.3 is 0 Å². The van der Waals surface area contributed by atoms with E-state index < -0.39 is 5.54 Å². The molecule has 2 aliphatic heterocycles. The number of H-pyrrole nitrogens is 1. The molecular formula is C21H20N4O2. The van der Waals surface area contributed by atoms with Crippen LogP contribution in [0.2, 0.25) is 0 Å². The van der Waals surface area contributed by atoms with Crippen LogP contribution in [-0.4, -0.2) is 35.3 Å². The highest BCUT2D eigenvalue weighted by Gasteiger charge is 2.50. The second-order valence-corrected chi connectivity index (χ2v) is 7.10. The van der Waals surface area contributed by atoms with Gasteiger partial charge in [0, 0.05) is 30.5 Å². The fourth-order valence-corrected chi connectivity index (χ4v) is 4.18. The molecule has 1 amide bonds. The van der Waals surface area contributed by atoms with Crippen molar-refractivity contribution in [1.82, 2.24) is 10.2 Å². The van der Waals surface area contributed by atoms with Gasteiger partial charge in [-0.3, -0.25) is 9.89 Å². The van der Waals surface area contributed by atoms with Gasteiger partial charge in [0.15, 0.2) is 0 Å². The van der Waals surface area contributed by atoms with E-state index in [2.05, 4.69) is 21.6 Å². The number of amides is 1. The highest BCUT2D eigenvalue weighted by molar-refractivity contribution is 6.06. The first-order valence-electron chi connectivity index (χ1n) is 9.06. The zero-order chi connectivity index (χ0) is 18.4. The number of hydrogen-bond acceptors (Lipinski definition) is 4. The summed E-state index contributed by atoms with van der Waals surface area (Å²) in [6, 6.07) is 16.1. The molecule has 27 heavy (non-hydrogen) atoms. The summed E-state index contributed by atoms with van der Waals surface area (Å²) in [7, 11) is 1.60. The number of methoxy groups -OCH3 is 1. The Morgan fingerprint density at radius 1 is 1.15 bits per heavy atom. The van der Waals surface area contributed by atoms with Crippen LogP contribution < -0.4 is 15.0 Å². The van der Waals surface area contributed by atoms with E-state index in [1.54, 1.807) is 7.11 Å². The number of rotatable bonds is 3. The van der Waals surface area contributed by atoms with Crippen molar-refractivity contribution in [2.75, 3.05) is 23.9 Å². The molecule has 0 bridgehead atoms. The highest BCUT2D eigenvalue weighted by atomic mass is 16.5. The molecule has 1 aromatic heterocycles. The Morgan fingerprint density at radius 2 is 1.96 bits per heavy atom. The maximum absolute atomic E-state index is 13.2. The van der Waals surface area contributed by atoms with E-state index in [1.165, 1.54) is 5.56 Å². The van der Waals surface area contributed by atoms with E-state index in [0.29, 0.717) is 12.4 Å². The number of nitrogens with zero attached hydrogens (tertiary/aromatic N) is 2. The maximum Gasteiger partial charge on any atom is 0.253 e. The number of fused-ring (bicyclic) bond motifs is 1. The SMILES string of the molecule is COc1n[nH]cc1-c1ccc(N2CCC3(Cc4ccccc4N3)C2=O)cc1. The first-order valence-corrected chi connectivity index (χ1v) is 9.06. The standard InChI is InChI=1S/C21H20N4O2/c1-27-19-17(13-22-24-19)14-6-8-16(9-7-14)25-11-10-21(20(25)26)12-15-4-2-3-5-18(15)23-21/h2-9,13,23H,10-12H2,1H3,(H,22,24). The van der Waals surface area contributed by atoms with Crippen LogP contribution in [0.25, 0.3) is 11.1 Å². The molecule has 1 atom stereocenters. The summed E-state index contributed by atoms with van der Waals surface area (Å²) in [6.45, 7) is 0.716. The van der Waals surface area contributed by atoms with Crippen LogP contribution in [0.15, 0.2) is 54.7 Å². The van der Waals surface area contributed by atoms with E-state index in [1.807, 2.05) is 53.6 Å².